The van der Waals surface area contributed by atoms with E-state index >= 15 is 0 Å². The van der Waals surface area contributed by atoms with Crippen LogP contribution in [-0.2, 0) is 4.74 Å². The minimum absolute atomic E-state index is 0.0435. The van der Waals surface area contributed by atoms with E-state index in [-0.39, 0.29) is 12.1 Å². The quantitative estimate of drug-likeness (QED) is 0.228. The maximum Gasteiger partial charge on any atom is 0.217 e. The molecular weight excluding hydrogens is 504 g/mol. The summed E-state index contributed by atoms with van der Waals surface area (Å²) in [5.41, 5.74) is 8.52. The highest BCUT2D eigenvalue weighted by atomic mass is 16.5. The van der Waals surface area contributed by atoms with Crippen LogP contribution in [0.3, 0.4) is 0 Å². The molecule has 194 valence electrons. The molecule has 1 aromatic heterocycles. The van der Waals surface area contributed by atoms with Gasteiger partial charge in [-0.05, 0) is 65.5 Å². The maximum absolute atomic E-state index is 6.52. The van der Waals surface area contributed by atoms with Crippen molar-refractivity contribution in [1.82, 2.24) is 0 Å². The largest absolute Gasteiger partial charge is 0.467 e. The fraction of sp³-hybridized carbons (Fsp3) is 0.0541. The Bertz CT molecular complexity index is 2150. The third-order valence-electron chi connectivity index (χ3n) is 8.38. The van der Waals surface area contributed by atoms with Crippen LogP contribution in [0.4, 0.5) is 17.1 Å². The molecule has 4 heteroatoms. The van der Waals surface area contributed by atoms with Crippen LogP contribution in [-0.4, -0.2) is 5.90 Å². The van der Waals surface area contributed by atoms with Gasteiger partial charge < -0.3 is 14.1 Å². The van der Waals surface area contributed by atoms with Gasteiger partial charge in [-0.3, -0.25) is 0 Å². The van der Waals surface area contributed by atoms with E-state index < -0.39 is 0 Å². The van der Waals surface area contributed by atoms with E-state index in [1.54, 1.807) is 0 Å². The monoisotopic (exact) mass is 528 g/mol. The third-order valence-corrected chi connectivity index (χ3v) is 8.38. The van der Waals surface area contributed by atoms with E-state index in [9.17, 15) is 0 Å². The molecule has 9 rings (SSSR count). The number of aliphatic imine (C=N–C) groups is 1. The maximum atomic E-state index is 6.52. The number of furan rings is 1. The molecule has 7 aromatic rings. The first-order valence-electron chi connectivity index (χ1n) is 14.0. The van der Waals surface area contributed by atoms with Crippen molar-refractivity contribution >= 4 is 55.7 Å². The van der Waals surface area contributed by atoms with Crippen molar-refractivity contribution < 1.29 is 9.15 Å². The molecule has 0 fully saturated rings. The predicted molar refractivity (Wildman–Crippen MR) is 165 cm³/mol. The van der Waals surface area contributed by atoms with E-state index in [1.807, 2.05) is 30.3 Å². The van der Waals surface area contributed by atoms with Crippen molar-refractivity contribution in [3.8, 4) is 0 Å². The van der Waals surface area contributed by atoms with Crippen LogP contribution in [0.2, 0.25) is 0 Å². The Morgan fingerprint density at radius 1 is 0.561 bits per heavy atom. The third kappa shape index (κ3) is 3.31. The van der Waals surface area contributed by atoms with Gasteiger partial charge in [0.15, 0.2) is 6.10 Å². The molecule has 0 spiro atoms. The summed E-state index contributed by atoms with van der Waals surface area (Å²) in [6, 6.07) is 46.5. The number of fused-ring (bicyclic) bond motifs is 6. The summed E-state index contributed by atoms with van der Waals surface area (Å²) < 4.78 is 12.7. The summed E-state index contributed by atoms with van der Waals surface area (Å²) >= 11 is 0. The van der Waals surface area contributed by atoms with Gasteiger partial charge in [0.1, 0.15) is 17.2 Å². The highest BCUT2D eigenvalue weighted by molar-refractivity contribution is 6.08. The number of hydrogen-bond acceptors (Lipinski definition) is 4. The number of rotatable bonds is 4. The van der Waals surface area contributed by atoms with Crippen LogP contribution in [0.15, 0.2) is 143 Å². The van der Waals surface area contributed by atoms with E-state index in [2.05, 4.69) is 108 Å². The van der Waals surface area contributed by atoms with E-state index in [1.165, 1.54) is 21.9 Å². The Morgan fingerprint density at radius 3 is 2.20 bits per heavy atom. The summed E-state index contributed by atoms with van der Waals surface area (Å²) in [6.45, 7) is 0. The zero-order chi connectivity index (χ0) is 26.9. The fourth-order valence-corrected chi connectivity index (χ4v) is 6.58. The Morgan fingerprint density at radius 2 is 1.32 bits per heavy atom. The molecule has 0 radical (unpaired) electrons. The number of ether oxygens (including phenoxy) is 1. The first-order valence-corrected chi connectivity index (χ1v) is 14.0. The molecule has 0 saturated carbocycles. The van der Waals surface area contributed by atoms with Gasteiger partial charge in [-0.1, -0.05) is 78.9 Å². The zero-order valence-corrected chi connectivity index (χ0v) is 22.1. The standard InChI is InChI=1S/C37H24N2O2/c1-3-10-23(11-4-1)37-38-35-28-19-20-31(27-15-9-16-29(34(27)28)36(35)41-37)39(24-12-5-2-6-13-24)25-18-21-33-30(22-25)26-14-7-8-17-32(26)40-33/h1-22,35-36H. The lowest BCUT2D eigenvalue weighted by molar-refractivity contribution is 0.205. The molecule has 0 saturated heterocycles. The molecule has 0 amide bonds. The molecule has 2 unspecified atom stereocenters. The molecule has 2 aliphatic rings. The Labute approximate surface area is 236 Å². The van der Waals surface area contributed by atoms with Crippen LogP contribution in [0.25, 0.3) is 32.7 Å². The van der Waals surface area contributed by atoms with Crippen LogP contribution >= 0.6 is 0 Å². The minimum atomic E-state index is -0.113. The average molecular weight is 529 g/mol. The normalized spacial score (nSPS) is 17.1. The van der Waals surface area contributed by atoms with Crippen molar-refractivity contribution in [2.45, 2.75) is 12.1 Å². The van der Waals surface area contributed by atoms with Gasteiger partial charge in [-0.25, -0.2) is 4.99 Å². The summed E-state index contributed by atoms with van der Waals surface area (Å²) in [5, 5.41) is 4.66. The van der Waals surface area contributed by atoms with Gasteiger partial charge >= 0.3 is 0 Å². The molecule has 4 nitrogen and oxygen atoms in total. The molecule has 1 aliphatic heterocycles. The zero-order valence-electron chi connectivity index (χ0n) is 22.1. The van der Waals surface area contributed by atoms with Gasteiger partial charge in [-0.2, -0.15) is 0 Å². The molecule has 2 heterocycles. The molecule has 1 aliphatic carbocycles. The van der Waals surface area contributed by atoms with Gasteiger partial charge in [0.05, 0.1) is 5.69 Å². The molecule has 2 atom stereocenters. The van der Waals surface area contributed by atoms with Crippen molar-refractivity contribution in [1.29, 1.82) is 0 Å². The number of hydrogen-bond donors (Lipinski definition) is 0. The van der Waals surface area contributed by atoms with Gasteiger partial charge in [0.2, 0.25) is 5.90 Å². The van der Waals surface area contributed by atoms with Crippen molar-refractivity contribution in [2.75, 3.05) is 4.90 Å². The molecule has 41 heavy (non-hydrogen) atoms. The molecular formula is C37H24N2O2. The molecule has 0 N–H and O–H groups in total. The number of benzene rings is 6. The summed E-state index contributed by atoms with van der Waals surface area (Å²) in [7, 11) is 0. The van der Waals surface area contributed by atoms with E-state index in [0.717, 1.165) is 50.5 Å². The number of nitrogens with zero attached hydrogens (tertiary/aromatic N) is 2. The fourth-order valence-electron chi connectivity index (χ4n) is 6.58. The van der Waals surface area contributed by atoms with Gasteiger partial charge in [0, 0.05) is 38.7 Å². The van der Waals surface area contributed by atoms with Crippen LogP contribution < -0.4 is 4.90 Å². The Kier molecular flexibility index (Phi) is 4.70. The summed E-state index contributed by atoms with van der Waals surface area (Å²) in [5.74, 6) is 0.721. The first-order chi connectivity index (χ1) is 20.3. The van der Waals surface area contributed by atoms with E-state index in [0.29, 0.717) is 0 Å². The second kappa shape index (κ2) is 8.57. The van der Waals surface area contributed by atoms with Crippen molar-refractivity contribution in [3.63, 3.8) is 0 Å². The number of para-hydroxylation sites is 2. The highest BCUT2D eigenvalue weighted by Gasteiger charge is 2.42. The lowest BCUT2D eigenvalue weighted by atomic mass is 10.0. The molecule has 6 aromatic carbocycles. The first kappa shape index (κ1) is 22.5. The smallest absolute Gasteiger partial charge is 0.217 e. The Hall–Kier alpha value is -5.35. The predicted octanol–water partition coefficient (Wildman–Crippen LogP) is 9.78. The second-order valence-electron chi connectivity index (χ2n) is 10.7. The van der Waals surface area contributed by atoms with Crippen LogP contribution in [0, 0.1) is 0 Å². The van der Waals surface area contributed by atoms with Crippen molar-refractivity contribution in [3.05, 3.63) is 150 Å². The minimum Gasteiger partial charge on any atom is -0.467 e. The second-order valence-corrected chi connectivity index (χ2v) is 10.7. The number of anilines is 3. The summed E-state index contributed by atoms with van der Waals surface area (Å²) in [4.78, 5) is 7.42. The Balaban J connectivity index is 1.24. The lowest BCUT2D eigenvalue weighted by Gasteiger charge is -2.27. The SMILES string of the molecule is c1ccc(C2=NC3c4ccc(N(c5ccccc5)c5ccc6oc7ccccc7c6c5)c5cccc(c45)C3O2)cc1. The van der Waals surface area contributed by atoms with E-state index in [4.69, 9.17) is 14.1 Å². The van der Waals surface area contributed by atoms with Crippen molar-refractivity contribution in [2.24, 2.45) is 4.99 Å². The topological polar surface area (TPSA) is 38.0 Å². The highest BCUT2D eigenvalue weighted by Crippen LogP contribution is 2.54. The lowest BCUT2D eigenvalue weighted by Crippen LogP contribution is -2.10. The summed E-state index contributed by atoms with van der Waals surface area (Å²) in [6.07, 6.45) is -0.113. The van der Waals surface area contributed by atoms with Gasteiger partial charge in [0.25, 0.3) is 0 Å². The molecule has 0 bridgehead atoms. The van der Waals surface area contributed by atoms with Crippen LogP contribution in [0.1, 0.15) is 28.8 Å². The van der Waals surface area contributed by atoms with Crippen LogP contribution in [0.5, 0.6) is 0 Å². The van der Waals surface area contributed by atoms with Gasteiger partial charge in [-0.15, -0.1) is 0 Å². The average Bonchev–Trinajstić information content (AvgIpc) is 3.72.